The second kappa shape index (κ2) is 10.5. The molecular weight excluding hydrogens is 587 g/mol. The minimum Gasteiger partial charge on any atom is -0.456 e. The number of benzene rings is 6. The van der Waals surface area contributed by atoms with Gasteiger partial charge in [0.1, 0.15) is 11.3 Å². The Bertz CT molecular complexity index is 2670. The van der Waals surface area contributed by atoms with Gasteiger partial charge in [-0.1, -0.05) is 66.7 Å². The van der Waals surface area contributed by atoms with Crippen LogP contribution in [0.5, 0.6) is 0 Å². The first-order chi connectivity index (χ1) is 23.7. The molecule has 0 atom stereocenters. The number of furan rings is 1. The molecule has 4 heterocycles. The van der Waals surface area contributed by atoms with E-state index in [1.807, 2.05) is 42.7 Å². The second-order valence-electron chi connectivity index (χ2n) is 12.3. The first-order valence-electron chi connectivity index (χ1n) is 16.1. The quantitative estimate of drug-likeness (QED) is 0.198. The van der Waals surface area contributed by atoms with Crippen LogP contribution in [-0.4, -0.2) is 14.5 Å². The number of aromatic nitrogens is 3. The van der Waals surface area contributed by atoms with Gasteiger partial charge >= 0.3 is 0 Å². The lowest BCUT2D eigenvalue weighted by atomic mass is 10.0. The lowest BCUT2D eigenvalue weighted by Crippen LogP contribution is -1.94. The molecule has 0 fully saturated rings. The van der Waals surface area contributed by atoms with Crippen LogP contribution in [0.25, 0.3) is 93.8 Å². The zero-order chi connectivity index (χ0) is 31.6. The number of nitrogens with zero attached hydrogens (tertiary/aromatic N) is 3. The van der Waals surface area contributed by atoms with E-state index in [0.29, 0.717) is 0 Å². The molecule has 0 amide bonds. The average Bonchev–Trinajstić information content (AvgIpc) is 3.73. The second-order valence-corrected chi connectivity index (χ2v) is 12.3. The van der Waals surface area contributed by atoms with E-state index in [2.05, 4.69) is 126 Å². The molecule has 10 rings (SSSR count). The Labute approximate surface area is 276 Å². The van der Waals surface area contributed by atoms with Crippen molar-refractivity contribution in [2.45, 2.75) is 0 Å². The Morgan fingerprint density at radius 1 is 0.417 bits per heavy atom. The average molecular weight is 614 g/mol. The Balaban J connectivity index is 1.15. The number of fused-ring (bicyclic) bond motifs is 6. The number of rotatable bonds is 4. The van der Waals surface area contributed by atoms with Crippen LogP contribution < -0.4 is 0 Å². The van der Waals surface area contributed by atoms with E-state index < -0.39 is 0 Å². The van der Waals surface area contributed by atoms with Gasteiger partial charge in [0.15, 0.2) is 0 Å². The minimum absolute atomic E-state index is 0.868. The first kappa shape index (κ1) is 26.7. The van der Waals surface area contributed by atoms with Crippen molar-refractivity contribution in [1.82, 2.24) is 14.5 Å². The standard InChI is InChI=1S/C44H27N3O/c1-4-10-39-31(7-1)21-34(26-45-39)29-15-19-41-37(23-29)38-24-30(35-22-32-8-2-5-11-40(32)46-27-35)16-20-42(38)47(41)36-17-13-28(14-18-36)44-25-33-9-3-6-12-43(33)48-44/h1-27H. The van der Waals surface area contributed by atoms with Crippen molar-refractivity contribution in [3.05, 3.63) is 164 Å². The van der Waals surface area contributed by atoms with Gasteiger partial charge < -0.3 is 8.98 Å². The summed E-state index contributed by atoms with van der Waals surface area (Å²) < 4.78 is 8.53. The molecule has 0 aliphatic carbocycles. The molecule has 0 spiro atoms. The van der Waals surface area contributed by atoms with Gasteiger partial charge in [0.25, 0.3) is 0 Å². The van der Waals surface area contributed by atoms with Crippen molar-refractivity contribution < 1.29 is 4.42 Å². The maximum Gasteiger partial charge on any atom is 0.135 e. The maximum atomic E-state index is 6.17. The van der Waals surface area contributed by atoms with Crippen molar-refractivity contribution in [3.8, 4) is 39.3 Å². The normalized spacial score (nSPS) is 11.8. The van der Waals surface area contributed by atoms with Crippen molar-refractivity contribution in [2.24, 2.45) is 0 Å². The van der Waals surface area contributed by atoms with Crippen molar-refractivity contribution >= 4 is 54.6 Å². The van der Waals surface area contributed by atoms with Crippen LogP contribution >= 0.6 is 0 Å². The number of pyridine rings is 2. The molecule has 0 bridgehead atoms. The van der Waals surface area contributed by atoms with Crippen LogP contribution in [0.3, 0.4) is 0 Å². The zero-order valence-electron chi connectivity index (χ0n) is 25.8. The fourth-order valence-electron chi connectivity index (χ4n) is 7.02. The van der Waals surface area contributed by atoms with Crippen LogP contribution in [-0.2, 0) is 0 Å². The molecule has 0 unspecified atom stereocenters. The van der Waals surface area contributed by atoms with E-state index in [1.54, 1.807) is 0 Å². The number of hydrogen-bond acceptors (Lipinski definition) is 3. The Hall–Kier alpha value is -6.52. The van der Waals surface area contributed by atoms with E-state index in [-0.39, 0.29) is 0 Å². The molecule has 0 saturated carbocycles. The SMILES string of the molecule is c1ccc2ncc(-c3ccc4c(c3)c3cc(-c5cnc6ccccc6c5)ccc3n4-c3ccc(-c4cc5ccccc5o4)cc3)cc2c1. The van der Waals surface area contributed by atoms with E-state index in [4.69, 9.17) is 14.4 Å². The molecule has 0 N–H and O–H groups in total. The summed E-state index contributed by atoms with van der Waals surface area (Å²) in [5.41, 5.74) is 11.8. The summed E-state index contributed by atoms with van der Waals surface area (Å²) in [6, 6.07) is 53.4. The zero-order valence-corrected chi connectivity index (χ0v) is 25.8. The molecule has 6 aromatic carbocycles. The highest BCUT2D eigenvalue weighted by molar-refractivity contribution is 6.12. The molecule has 4 aromatic heterocycles. The summed E-state index contributed by atoms with van der Waals surface area (Å²) >= 11 is 0. The fraction of sp³-hybridized carbons (Fsp3) is 0. The Morgan fingerprint density at radius 2 is 0.938 bits per heavy atom. The largest absolute Gasteiger partial charge is 0.456 e. The molecule has 4 nitrogen and oxygen atoms in total. The smallest absolute Gasteiger partial charge is 0.135 e. The first-order valence-corrected chi connectivity index (χ1v) is 16.1. The molecule has 224 valence electrons. The van der Waals surface area contributed by atoms with Gasteiger partial charge in [-0.25, -0.2) is 0 Å². The molecule has 0 radical (unpaired) electrons. The molecular formula is C44H27N3O. The fourth-order valence-corrected chi connectivity index (χ4v) is 7.02. The van der Waals surface area contributed by atoms with Gasteiger partial charge in [-0.2, -0.15) is 0 Å². The molecule has 0 aliphatic rings. The topological polar surface area (TPSA) is 43.9 Å². The van der Waals surface area contributed by atoms with Crippen molar-refractivity contribution in [3.63, 3.8) is 0 Å². The third kappa shape index (κ3) is 4.31. The van der Waals surface area contributed by atoms with Crippen LogP contribution in [0.2, 0.25) is 0 Å². The third-order valence-electron chi connectivity index (χ3n) is 9.45. The van der Waals surface area contributed by atoms with E-state index in [0.717, 1.165) is 83.1 Å². The van der Waals surface area contributed by atoms with Crippen LogP contribution in [0, 0.1) is 0 Å². The summed E-state index contributed by atoms with van der Waals surface area (Å²) in [5.74, 6) is 0.868. The molecule has 48 heavy (non-hydrogen) atoms. The highest BCUT2D eigenvalue weighted by Crippen LogP contribution is 2.38. The summed E-state index contributed by atoms with van der Waals surface area (Å²) in [6.07, 6.45) is 3.96. The molecule has 4 heteroatoms. The van der Waals surface area contributed by atoms with Crippen LogP contribution in [0.4, 0.5) is 0 Å². The van der Waals surface area contributed by atoms with Gasteiger partial charge in [0, 0.05) is 61.7 Å². The van der Waals surface area contributed by atoms with E-state index in [1.165, 1.54) is 10.8 Å². The van der Waals surface area contributed by atoms with E-state index >= 15 is 0 Å². The van der Waals surface area contributed by atoms with Gasteiger partial charge in [-0.15, -0.1) is 0 Å². The predicted octanol–water partition coefficient (Wildman–Crippen LogP) is 11.6. The third-order valence-corrected chi connectivity index (χ3v) is 9.45. The van der Waals surface area contributed by atoms with Crippen molar-refractivity contribution in [1.29, 1.82) is 0 Å². The predicted molar refractivity (Wildman–Crippen MR) is 197 cm³/mol. The summed E-state index contributed by atoms with van der Waals surface area (Å²) in [6.45, 7) is 0. The van der Waals surface area contributed by atoms with Gasteiger partial charge in [-0.3, -0.25) is 9.97 Å². The Morgan fingerprint density at radius 3 is 1.52 bits per heavy atom. The summed E-state index contributed by atoms with van der Waals surface area (Å²) in [5, 5.41) is 5.75. The molecule has 0 saturated heterocycles. The molecule has 10 aromatic rings. The van der Waals surface area contributed by atoms with Gasteiger partial charge in [0.2, 0.25) is 0 Å². The van der Waals surface area contributed by atoms with Gasteiger partial charge in [-0.05, 0) is 96.1 Å². The summed E-state index contributed by atoms with van der Waals surface area (Å²) in [7, 11) is 0. The Kier molecular flexibility index (Phi) is 5.84. The summed E-state index contributed by atoms with van der Waals surface area (Å²) in [4.78, 5) is 9.52. The molecule has 0 aliphatic heterocycles. The number of para-hydroxylation sites is 3. The van der Waals surface area contributed by atoms with Crippen LogP contribution in [0.15, 0.2) is 168 Å². The minimum atomic E-state index is 0.868. The maximum absolute atomic E-state index is 6.17. The monoisotopic (exact) mass is 613 g/mol. The highest BCUT2D eigenvalue weighted by Gasteiger charge is 2.16. The lowest BCUT2D eigenvalue weighted by Gasteiger charge is -2.10. The highest BCUT2D eigenvalue weighted by atomic mass is 16.3. The van der Waals surface area contributed by atoms with Crippen LogP contribution in [0.1, 0.15) is 0 Å². The van der Waals surface area contributed by atoms with Crippen molar-refractivity contribution in [2.75, 3.05) is 0 Å². The van der Waals surface area contributed by atoms with Gasteiger partial charge in [0.05, 0.1) is 22.1 Å². The number of hydrogen-bond donors (Lipinski definition) is 0. The van der Waals surface area contributed by atoms with E-state index in [9.17, 15) is 0 Å². The lowest BCUT2D eigenvalue weighted by molar-refractivity contribution is 0.631.